The summed E-state index contributed by atoms with van der Waals surface area (Å²) in [5.41, 5.74) is 1.92. The molecule has 2 heterocycles. The monoisotopic (exact) mass is 426 g/mol. The van der Waals surface area contributed by atoms with Crippen LogP contribution in [0.4, 0.5) is 0 Å². The molecule has 3 rings (SSSR count). The number of halogens is 2. The van der Waals surface area contributed by atoms with Crippen molar-refractivity contribution in [2.45, 2.75) is 32.4 Å². The molecule has 0 aliphatic carbocycles. The van der Waals surface area contributed by atoms with Crippen LogP contribution in [0.15, 0.2) is 37.6 Å². The van der Waals surface area contributed by atoms with Crippen molar-refractivity contribution in [1.82, 2.24) is 4.98 Å². The van der Waals surface area contributed by atoms with Crippen LogP contribution in [-0.2, 0) is 11.4 Å². The molecule has 1 aromatic carbocycles. The molecule has 0 aliphatic heterocycles. The van der Waals surface area contributed by atoms with Gasteiger partial charge in [-0.25, -0.2) is 4.98 Å². The standard InChI is InChI=1S/C17H16BrClN2O2S/c1-9-16-12(8-14(19)20-9)15(21-24(22)17(2,3)4)11-7-10(18)5-6-13(11)23-16/h5-8H,1-4H3/b21-15-. The summed E-state index contributed by atoms with van der Waals surface area (Å²) >= 11 is 8.18. The topological polar surface area (TPSA) is 61.5 Å². The predicted octanol–water partition coefficient (Wildman–Crippen LogP) is 5.07. The smallest absolute Gasteiger partial charge is 0.158 e. The van der Waals surface area contributed by atoms with E-state index < -0.39 is 16.1 Å². The molecule has 0 saturated carbocycles. The van der Waals surface area contributed by atoms with E-state index in [0.29, 0.717) is 32.8 Å². The largest absolute Gasteiger partial charge is 0.591 e. The second kappa shape index (κ2) is 6.33. The molecule has 4 nitrogen and oxygen atoms in total. The third-order valence-electron chi connectivity index (χ3n) is 3.47. The molecule has 3 aromatic rings. The van der Waals surface area contributed by atoms with Gasteiger partial charge in [0.2, 0.25) is 0 Å². The van der Waals surface area contributed by atoms with Gasteiger partial charge in [-0.05, 0) is 52.0 Å². The van der Waals surface area contributed by atoms with Gasteiger partial charge in [0.15, 0.2) is 5.58 Å². The van der Waals surface area contributed by atoms with Crippen LogP contribution in [0.3, 0.4) is 0 Å². The number of aromatic nitrogens is 1. The number of benzene rings is 1. The minimum Gasteiger partial charge on any atom is -0.591 e. The van der Waals surface area contributed by atoms with E-state index >= 15 is 0 Å². The van der Waals surface area contributed by atoms with E-state index in [1.54, 1.807) is 6.07 Å². The lowest BCUT2D eigenvalue weighted by Gasteiger charge is -2.18. The van der Waals surface area contributed by atoms with E-state index in [1.165, 1.54) is 0 Å². The average molecular weight is 428 g/mol. The van der Waals surface area contributed by atoms with E-state index in [2.05, 4.69) is 25.3 Å². The number of fused-ring (bicyclic) bond motifs is 2. The Labute approximate surface area is 156 Å². The van der Waals surface area contributed by atoms with Gasteiger partial charge in [0.05, 0.1) is 11.1 Å². The molecule has 1 unspecified atom stereocenters. The highest BCUT2D eigenvalue weighted by Gasteiger charge is 2.27. The molecule has 0 bridgehead atoms. The molecule has 0 fully saturated rings. The summed E-state index contributed by atoms with van der Waals surface area (Å²) in [6.07, 6.45) is 0. The quantitative estimate of drug-likeness (QED) is 0.309. The summed E-state index contributed by atoms with van der Waals surface area (Å²) in [5.74, 6) is 0. The number of hydrogen-bond acceptors (Lipinski definition) is 4. The van der Waals surface area contributed by atoms with Crippen molar-refractivity contribution in [3.05, 3.63) is 44.9 Å². The highest BCUT2D eigenvalue weighted by Crippen LogP contribution is 2.26. The van der Waals surface area contributed by atoms with Crippen LogP contribution in [0.5, 0.6) is 0 Å². The minimum atomic E-state index is -1.42. The third kappa shape index (κ3) is 3.33. The number of aryl methyl sites for hydroxylation is 1. The Morgan fingerprint density at radius 1 is 1.25 bits per heavy atom. The van der Waals surface area contributed by atoms with Gasteiger partial charge in [-0.2, -0.15) is 0 Å². The van der Waals surface area contributed by atoms with E-state index in [1.807, 2.05) is 45.9 Å². The first-order chi connectivity index (χ1) is 11.2. The highest BCUT2D eigenvalue weighted by atomic mass is 79.9. The van der Waals surface area contributed by atoms with Gasteiger partial charge in [-0.15, -0.1) is 0 Å². The number of pyridine rings is 1. The summed E-state index contributed by atoms with van der Waals surface area (Å²) in [6, 6.07) is 7.35. The van der Waals surface area contributed by atoms with Gasteiger partial charge in [-0.1, -0.05) is 31.9 Å². The molecule has 24 heavy (non-hydrogen) atoms. The van der Waals surface area contributed by atoms with E-state index in [4.69, 9.17) is 16.0 Å². The first kappa shape index (κ1) is 17.7. The minimum absolute atomic E-state index is 0.350. The second-order valence-corrected chi connectivity index (χ2v) is 9.66. The van der Waals surface area contributed by atoms with Crippen LogP contribution >= 0.6 is 27.5 Å². The fourth-order valence-electron chi connectivity index (χ4n) is 2.28. The molecule has 0 amide bonds. The molecule has 2 aromatic heterocycles. The van der Waals surface area contributed by atoms with Crippen molar-refractivity contribution in [3.8, 4) is 0 Å². The lowest BCUT2D eigenvalue weighted by atomic mass is 10.1. The zero-order valence-electron chi connectivity index (χ0n) is 13.7. The Hall–Kier alpha value is -1.08. The van der Waals surface area contributed by atoms with Crippen LogP contribution in [0, 0.1) is 6.92 Å². The Morgan fingerprint density at radius 2 is 1.96 bits per heavy atom. The zero-order chi connectivity index (χ0) is 17.6. The molecule has 7 heteroatoms. The van der Waals surface area contributed by atoms with Crippen LogP contribution in [0.25, 0.3) is 21.9 Å². The summed E-state index contributed by atoms with van der Waals surface area (Å²) in [5, 5.41) is 2.43. The summed E-state index contributed by atoms with van der Waals surface area (Å²) in [6.45, 7) is 7.49. The molecule has 0 spiro atoms. The van der Waals surface area contributed by atoms with Crippen LogP contribution in [-0.4, -0.2) is 14.3 Å². The molecule has 1 atom stereocenters. The molecular weight excluding hydrogens is 412 g/mol. The van der Waals surface area contributed by atoms with Crippen molar-refractivity contribution in [2.75, 3.05) is 0 Å². The second-order valence-electron chi connectivity index (χ2n) is 6.45. The molecule has 126 valence electrons. The van der Waals surface area contributed by atoms with Gasteiger partial charge < -0.3 is 8.97 Å². The van der Waals surface area contributed by atoms with Gasteiger partial charge in [-0.3, -0.25) is 0 Å². The van der Waals surface area contributed by atoms with E-state index in [9.17, 15) is 4.55 Å². The molecule has 0 saturated heterocycles. The number of nitrogens with zero attached hydrogens (tertiary/aromatic N) is 2. The Balaban J connectivity index is 2.53. The Kier molecular flexibility index (Phi) is 4.68. The molecule has 0 radical (unpaired) electrons. The van der Waals surface area contributed by atoms with E-state index in [0.717, 1.165) is 9.86 Å². The van der Waals surface area contributed by atoms with Crippen LogP contribution in [0.2, 0.25) is 5.15 Å². The maximum Gasteiger partial charge on any atom is 0.158 e. The first-order valence-electron chi connectivity index (χ1n) is 7.33. The molecule has 0 N–H and O–H groups in total. The lowest BCUT2D eigenvalue weighted by Crippen LogP contribution is -2.28. The van der Waals surface area contributed by atoms with Crippen LogP contribution < -0.4 is 5.36 Å². The van der Waals surface area contributed by atoms with Crippen molar-refractivity contribution in [2.24, 2.45) is 4.40 Å². The summed E-state index contributed by atoms with van der Waals surface area (Å²) < 4.78 is 23.6. The Morgan fingerprint density at radius 3 is 2.62 bits per heavy atom. The van der Waals surface area contributed by atoms with Gasteiger partial charge in [0.25, 0.3) is 0 Å². The van der Waals surface area contributed by atoms with Gasteiger partial charge >= 0.3 is 0 Å². The summed E-state index contributed by atoms with van der Waals surface area (Å²) in [4.78, 5) is 4.24. The van der Waals surface area contributed by atoms with Crippen molar-refractivity contribution >= 4 is 60.8 Å². The SMILES string of the molecule is Cc1nc(Cl)cc2/c(=N\[S+]([O-])C(C)(C)C)c3cc(Br)ccc3oc12. The van der Waals surface area contributed by atoms with Crippen molar-refractivity contribution < 1.29 is 8.97 Å². The average Bonchev–Trinajstić information content (AvgIpc) is 2.47. The van der Waals surface area contributed by atoms with E-state index in [-0.39, 0.29) is 0 Å². The lowest BCUT2D eigenvalue weighted by molar-refractivity contribution is 0.560. The number of hydrogen-bond donors (Lipinski definition) is 0. The van der Waals surface area contributed by atoms with Crippen molar-refractivity contribution in [1.29, 1.82) is 0 Å². The normalized spacial score (nSPS) is 14.5. The maximum atomic E-state index is 12.6. The highest BCUT2D eigenvalue weighted by molar-refractivity contribution is 9.10. The summed E-state index contributed by atoms with van der Waals surface area (Å²) in [7, 11) is 0. The molecular formula is C17H16BrClN2O2S. The Bertz CT molecular complexity index is 1010. The number of rotatable bonds is 1. The van der Waals surface area contributed by atoms with Gasteiger partial charge in [0.1, 0.15) is 32.2 Å². The predicted molar refractivity (Wildman–Crippen MR) is 102 cm³/mol. The first-order valence-corrected chi connectivity index (χ1v) is 9.60. The van der Waals surface area contributed by atoms with Crippen LogP contribution in [0.1, 0.15) is 26.5 Å². The van der Waals surface area contributed by atoms with Crippen molar-refractivity contribution in [3.63, 3.8) is 0 Å². The molecule has 0 aliphatic rings. The van der Waals surface area contributed by atoms with Gasteiger partial charge in [0, 0.05) is 9.86 Å². The third-order valence-corrected chi connectivity index (χ3v) is 5.56. The zero-order valence-corrected chi connectivity index (χ0v) is 16.8. The fraction of sp³-hybridized carbons (Fsp3) is 0.294. The fourth-order valence-corrected chi connectivity index (χ4v) is 3.51. The maximum absolute atomic E-state index is 12.6.